The van der Waals surface area contributed by atoms with Crippen LogP contribution in [0, 0.1) is 0 Å². The Balaban J connectivity index is 1.27. The van der Waals surface area contributed by atoms with E-state index >= 15 is 0 Å². The first-order chi connectivity index (χ1) is 12.7. The first-order valence-corrected chi connectivity index (χ1v) is 10.7. The largest absolute Gasteiger partial charge is 0.361 e. The second-order valence-electron chi connectivity index (χ2n) is 6.84. The molecule has 0 radical (unpaired) electrons. The van der Waals surface area contributed by atoms with Crippen LogP contribution in [-0.4, -0.2) is 29.5 Å². The van der Waals surface area contributed by atoms with Crippen LogP contribution in [0.25, 0.3) is 16.5 Å². The van der Waals surface area contributed by atoms with E-state index in [0.29, 0.717) is 10.0 Å². The highest BCUT2D eigenvalue weighted by Gasteiger charge is 2.13. The second kappa shape index (κ2) is 8.18. The lowest BCUT2D eigenvalue weighted by molar-refractivity contribution is 0.295. The third-order valence-electron chi connectivity index (χ3n) is 5.11. The number of fused-ring (bicyclic) bond motifs is 1. The summed E-state index contributed by atoms with van der Waals surface area (Å²) in [6, 6.07) is 8.26. The Bertz CT molecular complexity index is 912. The van der Waals surface area contributed by atoms with Crippen LogP contribution in [0.2, 0.25) is 10.0 Å². The van der Waals surface area contributed by atoms with Crippen LogP contribution < -0.4 is 0 Å². The quantitative estimate of drug-likeness (QED) is 0.455. The number of aromatic amines is 1. The number of aryl methyl sites for hydroxylation is 1. The van der Waals surface area contributed by atoms with Crippen LogP contribution in [0.4, 0.5) is 0 Å². The Labute approximate surface area is 168 Å². The molecule has 4 rings (SSSR count). The van der Waals surface area contributed by atoms with Gasteiger partial charge in [-0.15, -0.1) is 11.3 Å². The molecule has 0 fully saturated rings. The lowest BCUT2D eigenvalue weighted by Crippen LogP contribution is -2.29. The third kappa shape index (κ3) is 4.01. The molecule has 2 aromatic heterocycles. The predicted molar refractivity (Wildman–Crippen MR) is 115 cm³/mol. The van der Waals surface area contributed by atoms with E-state index in [1.165, 1.54) is 53.8 Å². The maximum absolute atomic E-state index is 6.17. The molecule has 5 heteroatoms. The average molecular weight is 405 g/mol. The number of hydrogen-bond acceptors (Lipinski definition) is 2. The number of unbranched alkanes of at least 4 members (excludes halogenated alkanes) is 1. The summed E-state index contributed by atoms with van der Waals surface area (Å²) in [4.78, 5) is 7.30. The second-order valence-corrected chi connectivity index (χ2v) is 8.60. The van der Waals surface area contributed by atoms with Gasteiger partial charge in [0.1, 0.15) is 0 Å². The van der Waals surface area contributed by atoms with Crippen molar-refractivity contribution in [1.82, 2.24) is 9.88 Å². The third-order valence-corrected chi connectivity index (χ3v) is 6.78. The fourth-order valence-electron chi connectivity index (χ4n) is 3.63. The van der Waals surface area contributed by atoms with Gasteiger partial charge in [-0.3, -0.25) is 4.90 Å². The summed E-state index contributed by atoms with van der Waals surface area (Å²) in [6.07, 6.45) is 9.14. The molecule has 0 amide bonds. The van der Waals surface area contributed by atoms with Crippen molar-refractivity contribution in [1.29, 1.82) is 0 Å². The minimum atomic E-state index is 0.604. The van der Waals surface area contributed by atoms with Gasteiger partial charge >= 0.3 is 0 Å². The molecule has 0 spiro atoms. The van der Waals surface area contributed by atoms with Crippen LogP contribution >= 0.6 is 34.5 Å². The molecule has 26 heavy (non-hydrogen) atoms. The van der Waals surface area contributed by atoms with E-state index < -0.39 is 0 Å². The van der Waals surface area contributed by atoms with Gasteiger partial charge in [-0.2, -0.15) is 0 Å². The highest BCUT2D eigenvalue weighted by Crippen LogP contribution is 2.30. The van der Waals surface area contributed by atoms with Gasteiger partial charge in [-0.25, -0.2) is 0 Å². The van der Waals surface area contributed by atoms with E-state index in [0.717, 1.165) is 18.5 Å². The van der Waals surface area contributed by atoms with E-state index in [4.69, 9.17) is 23.2 Å². The average Bonchev–Trinajstić information content (AvgIpc) is 3.31. The highest BCUT2D eigenvalue weighted by atomic mass is 35.5. The van der Waals surface area contributed by atoms with Crippen molar-refractivity contribution in [2.45, 2.75) is 25.7 Å². The van der Waals surface area contributed by atoms with Gasteiger partial charge in [0.15, 0.2) is 0 Å². The van der Waals surface area contributed by atoms with Gasteiger partial charge in [0, 0.05) is 35.1 Å². The monoisotopic (exact) mass is 404 g/mol. The van der Waals surface area contributed by atoms with Gasteiger partial charge in [-0.05, 0) is 66.9 Å². The number of halogens is 2. The zero-order valence-electron chi connectivity index (χ0n) is 14.6. The molecular weight excluding hydrogens is 383 g/mol. The number of benzene rings is 1. The lowest BCUT2D eigenvalue weighted by atomic mass is 10.0. The number of nitrogens with zero attached hydrogens (tertiary/aromatic N) is 1. The number of aromatic nitrogens is 1. The van der Waals surface area contributed by atoms with E-state index in [1.807, 2.05) is 23.5 Å². The Morgan fingerprint density at radius 2 is 2.04 bits per heavy atom. The maximum atomic E-state index is 6.17. The molecule has 0 aliphatic carbocycles. The minimum absolute atomic E-state index is 0.604. The summed E-state index contributed by atoms with van der Waals surface area (Å²) in [5, 5.41) is 4.59. The zero-order valence-corrected chi connectivity index (χ0v) is 16.9. The molecule has 0 saturated heterocycles. The van der Waals surface area contributed by atoms with Crippen molar-refractivity contribution in [3.05, 3.63) is 62.4 Å². The predicted octanol–water partition coefficient (Wildman–Crippen LogP) is 6.65. The fourth-order valence-corrected chi connectivity index (χ4v) is 4.76. The Morgan fingerprint density at radius 3 is 2.81 bits per heavy atom. The first-order valence-electron chi connectivity index (χ1n) is 9.11. The summed E-state index contributed by atoms with van der Waals surface area (Å²) in [6.45, 7) is 3.42. The normalized spacial score (nSPS) is 15.5. The topological polar surface area (TPSA) is 19.0 Å². The molecule has 1 aromatic carbocycles. The fraction of sp³-hybridized carbons (Fsp3) is 0.333. The molecular formula is C21H22Cl2N2S. The van der Waals surface area contributed by atoms with E-state index in [1.54, 1.807) is 0 Å². The molecule has 1 aliphatic heterocycles. The molecule has 1 N–H and O–H groups in total. The maximum Gasteiger partial charge on any atom is 0.0613 e. The molecule has 0 bridgehead atoms. The Kier molecular flexibility index (Phi) is 5.70. The first kappa shape index (κ1) is 18.1. The van der Waals surface area contributed by atoms with Crippen molar-refractivity contribution in [3.8, 4) is 0 Å². The smallest absolute Gasteiger partial charge is 0.0613 e. The molecule has 2 nitrogen and oxygen atoms in total. The van der Waals surface area contributed by atoms with Gasteiger partial charge in [-0.1, -0.05) is 35.3 Å². The molecule has 136 valence electrons. The standard InChI is InChI=1S/C21H22Cl2N2S/c22-18-12-17-16(14-24-20(17)13-19(18)23)4-1-2-8-25-9-6-15(7-10-25)21-5-3-11-26-21/h3,5-6,11-14,24H,1-2,4,7-10H2. The van der Waals surface area contributed by atoms with Gasteiger partial charge < -0.3 is 4.98 Å². The van der Waals surface area contributed by atoms with Crippen molar-refractivity contribution in [2.24, 2.45) is 0 Å². The summed E-state index contributed by atoms with van der Waals surface area (Å²) in [7, 11) is 0. The van der Waals surface area contributed by atoms with Gasteiger partial charge in [0.05, 0.1) is 10.0 Å². The molecule has 3 heterocycles. The summed E-state index contributed by atoms with van der Waals surface area (Å²) in [5.74, 6) is 0. The summed E-state index contributed by atoms with van der Waals surface area (Å²) in [5.41, 5.74) is 3.92. The number of nitrogens with one attached hydrogen (secondary N) is 1. The Hall–Kier alpha value is -1.26. The zero-order chi connectivity index (χ0) is 17.9. The van der Waals surface area contributed by atoms with E-state index in [9.17, 15) is 0 Å². The van der Waals surface area contributed by atoms with E-state index in [-0.39, 0.29) is 0 Å². The number of hydrogen-bond donors (Lipinski definition) is 1. The molecule has 0 unspecified atom stereocenters. The SMILES string of the molecule is Clc1cc2[nH]cc(CCCCN3CC=C(c4cccs4)CC3)c2cc1Cl. The lowest BCUT2D eigenvalue weighted by Gasteiger charge is -2.25. The molecule has 0 atom stereocenters. The number of thiophene rings is 1. The Morgan fingerprint density at radius 1 is 1.15 bits per heavy atom. The molecule has 3 aromatic rings. The van der Waals surface area contributed by atoms with Crippen LogP contribution in [0.3, 0.4) is 0 Å². The summed E-state index contributed by atoms with van der Waals surface area (Å²) < 4.78 is 0. The van der Waals surface area contributed by atoms with Crippen LogP contribution in [0.1, 0.15) is 29.7 Å². The van der Waals surface area contributed by atoms with Crippen molar-refractivity contribution in [3.63, 3.8) is 0 Å². The highest BCUT2D eigenvalue weighted by molar-refractivity contribution is 7.11. The number of rotatable bonds is 6. The van der Waals surface area contributed by atoms with Crippen molar-refractivity contribution >= 4 is 51.0 Å². The van der Waals surface area contributed by atoms with E-state index in [2.05, 4.69) is 39.7 Å². The van der Waals surface area contributed by atoms with Crippen LogP contribution in [-0.2, 0) is 6.42 Å². The van der Waals surface area contributed by atoms with Crippen LogP contribution in [0.5, 0.6) is 0 Å². The van der Waals surface area contributed by atoms with Crippen molar-refractivity contribution < 1.29 is 0 Å². The molecule has 1 aliphatic rings. The summed E-state index contributed by atoms with van der Waals surface area (Å²) >= 11 is 14.1. The minimum Gasteiger partial charge on any atom is -0.361 e. The van der Waals surface area contributed by atoms with Gasteiger partial charge in [0.25, 0.3) is 0 Å². The number of H-pyrrole nitrogens is 1. The van der Waals surface area contributed by atoms with Gasteiger partial charge in [0.2, 0.25) is 0 Å². The van der Waals surface area contributed by atoms with Crippen molar-refractivity contribution in [2.75, 3.05) is 19.6 Å². The van der Waals surface area contributed by atoms with Crippen LogP contribution in [0.15, 0.2) is 41.9 Å². The molecule has 0 saturated carbocycles.